The summed E-state index contributed by atoms with van der Waals surface area (Å²) in [6, 6.07) is 4.81. The monoisotopic (exact) mass is 361 g/mol. The number of hydrogen-bond acceptors (Lipinski definition) is 5. The molecule has 2 aromatic heterocycles. The predicted octanol–water partition coefficient (Wildman–Crippen LogP) is 1.88. The van der Waals surface area contributed by atoms with Crippen LogP contribution in [0.15, 0.2) is 29.0 Å². The van der Waals surface area contributed by atoms with E-state index < -0.39 is 0 Å². The zero-order chi connectivity index (χ0) is 14.9. The summed E-state index contributed by atoms with van der Waals surface area (Å²) in [6.07, 6.45) is 4.99. The molecule has 2 fully saturated rings. The first-order valence-corrected chi connectivity index (χ1v) is 8.70. The molecule has 0 amide bonds. The van der Waals surface area contributed by atoms with Gasteiger partial charge in [-0.2, -0.15) is 0 Å². The molecule has 0 aromatic carbocycles. The molecule has 4 rings (SSSR count). The van der Waals surface area contributed by atoms with Gasteiger partial charge in [0.25, 0.3) is 0 Å². The van der Waals surface area contributed by atoms with Crippen molar-refractivity contribution in [2.24, 2.45) is 0 Å². The third-order valence-corrected chi connectivity index (χ3v) is 5.13. The zero-order valence-electron chi connectivity index (χ0n) is 12.5. The van der Waals surface area contributed by atoms with Crippen LogP contribution in [0.3, 0.4) is 0 Å². The standard InChI is InChI=1S/C16H20BrN5/c17-12-9-14-16(20-10-12)15(1-3-19-14)22-6-2-13(11-22)21-7-4-18-5-8-21/h1,3,9-10,13,18H,2,4-8,11H2. The van der Waals surface area contributed by atoms with E-state index in [1.54, 1.807) is 0 Å². The molecule has 2 saturated heterocycles. The fourth-order valence-corrected chi connectivity index (χ4v) is 3.87. The van der Waals surface area contributed by atoms with E-state index in [0.29, 0.717) is 6.04 Å². The van der Waals surface area contributed by atoms with E-state index in [2.05, 4.69) is 47.1 Å². The number of anilines is 1. The minimum atomic E-state index is 0.667. The van der Waals surface area contributed by atoms with Crippen LogP contribution in [0.5, 0.6) is 0 Å². The highest BCUT2D eigenvalue weighted by atomic mass is 79.9. The lowest BCUT2D eigenvalue weighted by Gasteiger charge is -2.32. The van der Waals surface area contributed by atoms with Gasteiger partial charge in [-0.3, -0.25) is 14.9 Å². The Bertz CT molecular complexity index is 671. The second kappa shape index (κ2) is 6.10. The SMILES string of the molecule is Brc1cnc2c(N3CCC(N4CCNCC4)C3)ccnc2c1. The van der Waals surface area contributed by atoms with Crippen molar-refractivity contribution in [3.05, 3.63) is 29.0 Å². The minimum Gasteiger partial charge on any atom is -0.368 e. The maximum Gasteiger partial charge on any atom is 0.112 e. The predicted molar refractivity (Wildman–Crippen MR) is 92.3 cm³/mol. The number of nitrogens with zero attached hydrogens (tertiary/aromatic N) is 4. The third kappa shape index (κ3) is 2.71. The number of piperazine rings is 1. The Kier molecular flexibility index (Phi) is 3.98. The normalized spacial score (nSPS) is 23.3. The van der Waals surface area contributed by atoms with Crippen LogP contribution in [0.25, 0.3) is 11.0 Å². The van der Waals surface area contributed by atoms with Gasteiger partial charge in [0, 0.05) is 62.2 Å². The molecule has 0 radical (unpaired) electrons. The molecule has 2 aromatic rings. The van der Waals surface area contributed by atoms with E-state index in [0.717, 1.165) is 41.7 Å². The van der Waals surface area contributed by atoms with E-state index >= 15 is 0 Å². The van der Waals surface area contributed by atoms with Crippen molar-refractivity contribution >= 4 is 32.7 Å². The van der Waals surface area contributed by atoms with Crippen molar-refractivity contribution in [2.75, 3.05) is 44.2 Å². The van der Waals surface area contributed by atoms with E-state index in [9.17, 15) is 0 Å². The molecule has 1 unspecified atom stereocenters. The van der Waals surface area contributed by atoms with Gasteiger partial charge in [0.05, 0.1) is 11.2 Å². The summed E-state index contributed by atoms with van der Waals surface area (Å²) in [5.74, 6) is 0. The lowest BCUT2D eigenvalue weighted by molar-refractivity contribution is 0.185. The van der Waals surface area contributed by atoms with Gasteiger partial charge in [-0.25, -0.2) is 0 Å². The molecule has 0 bridgehead atoms. The van der Waals surface area contributed by atoms with Crippen LogP contribution in [-0.4, -0.2) is 60.2 Å². The average Bonchev–Trinajstić information content (AvgIpc) is 3.04. The average molecular weight is 362 g/mol. The third-order valence-electron chi connectivity index (χ3n) is 4.69. The Hall–Kier alpha value is -1.24. The van der Waals surface area contributed by atoms with Gasteiger partial charge < -0.3 is 10.2 Å². The van der Waals surface area contributed by atoms with Gasteiger partial charge in [0.1, 0.15) is 5.52 Å². The van der Waals surface area contributed by atoms with Crippen LogP contribution in [0.4, 0.5) is 5.69 Å². The molecular formula is C16H20BrN5. The fourth-order valence-electron chi connectivity index (χ4n) is 3.55. The highest BCUT2D eigenvalue weighted by molar-refractivity contribution is 9.10. The van der Waals surface area contributed by atoms with Gasteiger partial charge in [0.15, 0.2) is 0 Å². The lowest BCUT2D eigenvalue weighted by Crippen LogP contribution is -2.49. The quantitative estimate of drug-likeness (QED) is 0.884. The van der Waals surface area contributed by atoms with Crippen molar-refractivity contribution in [2.45, 2.75) is 12.5 Å². The summed E-state index contributed by atoms with van der Waals surface area (Å²) in [6.45, 7) is 6.76. The molecule has 5 nitrogen and oxygen atoms in total. The first-order chi connectivity index (χ1) is 10.8. The van der Waals surface area contributed by atoms with Gasteiger partial charge >= 0.3 is 0 Å². The number of hydrogen-bond donors (Lipinski definition) is 1. The molecule has 1 N–H and O–H groups in total. The van der Waals surface area contributed by atoms with E-state index in [1.807, 2.05) is 18.5 Å². The Balaban J connectivity index is 1.58. The maximum atomic E-state index is 4.59. The largest absolute Gasteiger partial charge is 0.368 e. The molecule has 22 heavy (non-hydrogen) atoms. The first-order valence-electron chi connectivity index (χ1n) is 7.91. The molecule has 1 atom stereocenters. The highest BCUT2D eigenvalue weighted by Crippen LogP contribution is 2.29. The van der Waals surface area contributed by atoms with Crippen LogP contribution in [0, 0.1) is 0 Å². The Labute approximate surface area is 138 Å². The lowest BCUT2D eigenvalue weighted by atomic mass is 10.2. The maximum absolute atomic E-state index is 4.59. The number of fused-ring (bicyclic) bond motifs is 1. The number of pyridine rings is 2. The van der Waals surface area contributed by atoms with Crippen molar-refractivity contribution in [1.29, 1.82) is 0 Å². The van der Waals surface area contributed by atoms with E-state index in [-0.39, 0.29) is 0 Å². The molecule has 2 aliphatic rings. The summed E-state index contributed by atoms with van der Waals surface area (Å²) < 4.78 is 0.977. The zero-order valence-corrected chi connectivity index (χ0v) is 14.1. The molecule has 4 heterocycles. The molecular weight excluding hydrogens is 342 g/mol. The van der Waals surface area contributed by atoms with Gasteiger partial charge in [-0.15, -0.1) is 0 Å². The minimum absolute atomic E-state index is 0.667. The van der Waals surface area contributed by atoms with Crippen LogP contribution >= 0.6 is 15.9 Å². The van der Waals surface area contributed by atoms with Crippen LogP contribution < -0.4 is 10.2 Å². The summed E-state index contributed by atoms with van der Waals surface area (Å²) >= 11 is 3.47. The van der Waals surface area contributed by atoms with Crippen LogP contribution in [0.1, 0.15) is 6.42 Å². The van der Waals surface area contributed by atoms with Gasteiger partial charge in [-0.05, 0) is 34.5 Å². The smallest absolute Gasteiger partial charge is 0.112 e. The summed E-state index contributed by atoms with van der Waals surface area (Å²) in [7, 11) is 0. The molecule has 2 aliphatic heterocycles. The van der Waals surface area contributed by atoms with E-state index in [4.69, 9.17) is 0 Å². The van der Waals surface area contributed by atoms with Gasteiger partial charge in [0.2, 0.25) is 0 Å². The number of aromatic nitrogens is 2. The molecule has 0 aliphatic carbocycles. The second-order valence-corrected chi connectivity index (χ2v) is 6.94. The van der Waals surface area contributed by atoms with E-state index in [1.165, 1.54) is 25.2 Å². The molecule has 116 valence electrons. The van der Waals surface area contributed by atoms with Crippen LogP contribution in [-0.2, 0) is 0 Å². The molecule has 6 heteroatoms. The van der Waals surface area contributed by atoms with Crippen molar-refractivity contribution in [3.8, 4) is 0 Å². The number of nitrogens with one attached hydrogen (secondary N) is 1. The summed E-state index contributed by atoms with van der Waals surface area (Å²) in [5, 5.41) is 3.43. The number of halogens is 1. The first kappa shape index (κ1) is 14.4. The molecule has 0 spiro atoms. The second-order valence-electron chi connectivity index (χ2n) is 6.03. The Morgan fingerprint density at radius 3 is 2.91 bits per heavy atom. The highest BCUT2D eigenvalue weighted by Gasteiger charge is 2.29. The van der Waals surface area contributed by atoms with Gasteiger partial charge in [-0.1, -0.05) is 0 Å². The summed E-state index contributed by atoms with van der Waals surface area (Å²) in [5.41, 5.74) is 3.18. The molecule has 0 saturated carbocycles. The van der Waals surface area contributed by atoms with Crippen molar-refractivity contribution < 1.29 is 0 Å². The van der Waals surface area contributed by atoms with Crippen LogP contribution in [0.2, 0.25) is 0 Å². The van der Waals surface area contributed by atoms with Crippen molar-refractivity contribution in [3.63, 3.8) is 0 Å². The Morgan fingerprint density at radius 1 is 1.18 bits per heavy atom. The van der Waals surface area contributed by atoms with Crippen molar-refractivity contribution in [1.82, 2.24) is 20.2 Å². The number of rotatable bonds is 2. The topological polar surface area (TPSA) is 44.3 Å². The Morgan fingerprint density at radius 2 is 2.05 bits per heavy atom. The fraction of sp³-hybridized carbons (Fsp3) is 0.500. The summed E-state index contributed by atoms with van der Waals surface area (Å²) in [4.78, 5) is 14.1.